The first-order valence-corrected chi connectivity index (χ1v) is 25.7. The Bertz CT molecular complexity index is 4390. The van der Waals surface area contributed by atoms with E-state index in [9.17, 15) is 28.8 Å². The minimum absolute atomic E-state index is 0.0831. The molecule has 0 saturated carbocycles. The maximum atomic E-state index is 13.5. The Morgan fingerprint density at radius 3 is 1.11 bits per heavy atom. The van der Waals surface area contributed by atoms with Crippen molar-refractivity contribution < 1.29 is 61.8 Å². The molecule has 83 heavy (non-hydrogen) atoms. The van der Waals surface area contributed by atoms with E-state index in [2.05, 4.69) is 25.8 Å². The van der Waals surface area contributed by atoms with Crippen molar-refractivity contribution in [2.45, 2.75) is 54.9 Å². The van der Waals surface area contributed by atoms with E-state index in [0.29, 0.717) is 50.6 Å². The van der Waals surface area contributed by atoms with Crippen LogP contribution in [0.5, 0.6) is 0 Å². The number of benzene rings is 6. The van der Waals surface area contributed by atoms with Gasteiger partial charge in [-0.25, -0.2) is 24.0 Å². The highest BCUT2D eigenvalue weighted by molar-refractivity contribution is 6.20. The van der Waals surface area contributed by atoms with Gasteiger partial charge in [-0.2, -0.15) is 0 Å². The van der Waals surface area contributed by atoms with Crippen LogP contribution in [0.15, 0.2) is 193 Å². The van der Waals surface area contributed by atoms with Gasteiger partial charge >= 0.3 is 29.8 Å². The second-order valence-electron chi connectivity index (χ2n) is 18.9. The number of nitrogens with zero attached hydrogens (tertiary/aromatic N) is 7. The van der Waals surface area contributed by atoms with Crippen molar-refractivity contribution in [1.29, 1.82) is 0 Å². The smallest absolute Gasteiger partial charge is 0.332 e. The van der Waals surface area contributed by atoms with Crippen LogP contribution in [-0.4, -0.2) is 73.3 Å². The summed E-state index contributed by atoms with van der Waals surface area (Å²) in [6.07, 6.45) is 2.85. The first-order chi connectivity index (χ1) is 40.0. The van der Waals surface area contributed by atoms with Crippen molar-refractivity contribution in [1.82, 2.24) is 9.13 Å². The molecular formula is C63H49N7O13. The fourth-order valence-corrected chi connectivity index (χ4v) is 9.40. The van der Waals surface area contributed by atoms with E-state index >= 15 is 0 Å². The number of carbonyl (C=O) groups excluding carboxylic acids is 6. The number of rotatable bonds is 17. The average Bonchev–Trinajstić information content (AvgIpc) is 3.38. The number of oxime groups is 5. The molecule has 0 radical (unpaired) electrons. The molecule has 20 nitrogen and oxygen atoms in total. The zero-order chi connectivity index (χ0) is 58.5. The third-order valence-corrected chi connectivity index (χ3v) is 13.1. The summed E-state index contributed by atoms with van der Waals surface area (Å²) >= 11 is 0. The van der Waals surface area contributed by atoms with Crippen molar-refractivity contribution in [2.24, 2.45) is 25.8 Å². The molecule has 0 N–H and O–H groups in total. The van der Waals surface area contributed by atoms with Crippen LogP contribution in [0.3, 0.4) is 0 Å². The van der Waals surface area contributed by atoms with Gasteiger partial charge in [-0.1, -0.05) is 68.2 Å². The number of hydrogen-bond donors (Lipinski definition) is 0. The quantitative estimate of drug-likeness (QED) is 0.0357. The highest BCUT2D eigenvalue weighted by Gasteiger charge is 2.22. The van der Waals surface area contributed by atoms with Gasteiger partial charge < -0.3 is 42.2 Å². The number of hydrogen-bond acceptors (Lipinski definition) is 18. The summed E-state index contributed by atoms with van der Waals surface area (Å²) in [5.41, 5.74) is 9.75. The zero-order valence-electron chi connectivity index (χ0n) is 45.7. The summed E-state index contributed by atoms with van der Waals surface area (Å²) in [7, 11) is 0. The second-order valence-corrected chi connectivity index (χ2v) is 18.9. The number of carbonyl (C=O) groups is 6. The molecule has 0 unspecified atom stereocenters. The molecule has 0 atom stereocenters. The van der Waals surface area contributed by atoms with Gasteiger partial charge in [0.05, 0.1) is 57.4 Å². The molecule has 414 valence electrons. The van der Waals surface area contributed by atoms with Gasteiger partial charge in [-0.3, -0.25) is 4.79 Å². The third-order valence-electron chi connectivity index (χ3n) is 13.1. The largest absolute Gasteiger partial charge is 0.463 e. The normalized spacial score (nSPS) is 12.5. The van der Waals surface area contributed by atoms with E-state index in [-0.39, 0.29) is 35.1 Å². The van der Waals surface area contributed by atoms with E-state index in [1.807, 2.05) is 124 Å². The monoisotopic (exact) mass is 1110 g/mol. The van der Waals surface area contributed by atoms with E-state index in [0.717, 1.165) is 55.0 Å². The Hall–Kier alpha value is -11.2. The summed E-state index contributed by atoms with van der Waals surface area (Å²) in [6.45, 7) is 9.69. The summed E-state index contributed by atoms with van der Waals surface area (Å²) in [5.74, 6) is -2.81. The van der Waals surface area contributed by atoms with Crippen molar-refractivity contribution in [3.63, 3.8) is 0 Å². The van der Waals surface area contributed by atoms with E-state index < -0.39 is 29.8 Å². The molecule has 6 aromatic carbocycles. The molecule has 10 rings (SSSR count). The zero-order valence-corrected chi connectivity index (χ0v) is 45.7. The summed E-state index contributed by atoms with van der Waals surface area (Å²) in [4.78, 5) is 99.0. The lowest BCUT2D eigenvalue weighted by atomic mass is 9.99. The maximum absolute atomic E-state index is 13.5. The van der Waals surface area contributed by atoms with Crippen molar-refractivity contribution in [3.8, 4) is 11.4 Å². The standard InChI is InChI=1S/C63H49N7O13/c1-35(64-79-37(3)71)44-16-24-56-50(30-44)52-32-46(62(68-83-41(7)75)60-10-8-28-77-60)18-26-58(52)69(56)48-20-12-42(13-21-48)54(66-81-39(5)73)34-55(67-82-40(6)74)43-14-22-49(23-15-43)70-57-25-17-45(36(2)65-80-38(4)72)31-51(57)53-33-47(19-27-59(53)70)63(76)61-11-9-29-78-61/h8-33H,34H2,1-7H3/b64-35+,65-36?,66-54-,67-55-,68-62?. The Morgan fingerprint density at radius 1 is 0.373 bits per heavy atom. The molecule has 10 aromatic rings. The SMILES string of the molecule is CC(=O)ON=C(C)c1ccc2c(c1)c1cc(C(=O)c3ccco3)ccc1n2-c1ccc(/C(C/C(=N/OC(C)=O)c2ccc(-n3c4ccc(C(=NOC(C)=O)c5ccco5)cc4c4cc(/C(C)=N/OC(C)=O)ccc43)cc2)=N\OC(C)=O)cc1. The Labute approximate surface area is 472 Å². The van der Waals surface area contributed by atoms with E-state index in [1.165, 1.54) is 47.1 Å². The van der Waals surface area contributed by atoms with Gasteiger partial charge in [0.2, 0.25) is 5.78 Å². The molecular weight excluding hydrogens is 1060 g/mol. The fraction of sp³-hybridized carbons (Fsp3) is 0.127. The van der Waals surface area contributed by atoms with Gasteiger partial charge in [0.15, 0.2) is 17.2 Å². The van der Waals surface area contributed by atoms with Crippen LogP contribution in [0.1, 0.15) is 105 Å². The van der Waals surface area contributed by atoms with Crippen molar-refractivity contribution in [3.05, 3.63) is 203 Å². The number of furan rings is 2. The van der Waals surface area contributed by atoms with Crippen molar-refractivity contribution in [2.75, 3.05) is 0 Å². The van der Waals surface area contributed by atoms with Crippen molar-refractivity contribution >= 4 is 108 Å². The molecule has 0 fully saturated rings. The Morgan fingerprint density at radius 2 is 0.711 bits per heavy atom. The van der Waals surface area contributed by atoms with Gasteiger partial charge in [0.25, 0.3) is 0 Å². The number of fused-ring (bicyclic) bond motifs is 6. The van der Waals surface area contributed by atoms with Crippen LogP contribution in [0.4, 0.5) is 0 Å². The van der Waals surface area contributed by atoms with E-state index in [4.69, 9.17) is 33.0 Å². The Balaban J connectivity index is 1.02. The minimum atomic E-state index is -0.671. The van der Waals surface area contributed by atoms with Crippen LogP contribution in [0.25, 0.3) is 55.0 Å². The summed E-state index contributed by atoms with van der Waals surface area (Å²) < 4.78 is 15.2. The van der Waals surface area contributed by atoms with Crippen LogP contribution >= 0.6 is 0 Å². The Kier molecular flexibility index (Phi) is 15.7. The predicted molar refractivity (Wildman–Crippen MR) is 309 cm³/mol. The average molecular weight is 1110 g/mol. The van der Waals surface area contributed by atoms with Gasteiger partial charge in [-0.15, -0.1) is 0 Å². The molecule has 4 aromatic heterocycles. The number of aromatic nitrogens is 2. The molecule has 0 spiro atoms. The second kappa shape index (κ2) is 23.7. The highest BCUT2D eigenvalue weighted by Crippen LogP contribution is 2.37. The third kappa shape index (κ3) is 11.9. The minimum Gasteiger partial charge on any atom is -0.463 e. The topological polar surface area (TPSA) is 247 Å². The lowest BCUT2D eigenvalue weighted by Gasteiger charge is -2.13. The molecule has 0 aliphatic heterocycles. The van der Waals surface area contributed by atoms with Gasteiger partial charge in [-0.05, 0) is 139 Å². The van der Waals surface area contributed by atoms with Gasteiger partial charge in [0.1, 0.15) is 0 Å². The first kappa shape index (κ1) is 55.2. The molecule has 0 aliphatic carbocycles. The molecule has 0 aliphatic rings. The van der Waals surface area contributed by atoms with Crippen LogP contribution in [-0.2, 0) is 48.2 Å². The summed E-state index contributed by atoms with van der Waals surface area (Å²) in [6, 6.07) is 43.9. The van der Waals surface area contributed by atoms with Crippen LogP contribution in [0.2, 0.25) is 0 Å². The van der Waals surface area contributed by atoms with Gasteiger partial charge in [0, 0.05) is 85.1 Å². The molecule has 0 saturated heterocycles. The lowest BCUT2D eigenvalue weighted by molar-refractivity contribution is -0.141. The lowest BCUT2D eigenvalue weighted by Crippen LogP contribution is -2.14. The molecule has 0 amide bonds. The predicted octanol–water partition coefficient (Wildman–Crippen LogP) is 11.8. The van der Waals surface area contributed by atoms with Crippen LogP contribution in [0, 0.1) is 0 Å². The highest BCUT2D eigenvalue weighted by atomic mass is 16.7. The maximum Gasteiger partial charge on any atom is 0.332 e. The first-order valence-electron chi connectivity index (χ1n) is 25.7. The molecule has 20 heteroatoms. The molecule has 0 bridgehead atoms. The fourth-order valence-electron chi connectivity index (χ4n) is 9.40. The molecule has 4 heterocycles. The van der Waals surface area contributed by atoms with E-state index in [1.54, 1.807) is 44.2 Å². The van der Waals surface area contributed by atoms with Crippen LogP contribution < -0.4 is 0 Å². The number of ketones is 1. The summed E-state index contributed by atoms with van der Waals surface area (Å²) in [5, 5.41) is 23.8.